The first kappa shape index (κ1) is 21.6. The predicted octanol–water partition coefficient (Wildman–Crippen LogP) is 2.66. The van der Waals surface area contributed by atoms with E-state index in [0.717, 1.165) is 0 Å². The van der Waals surface area contributed by atoms with Gasteiger partial charge in [0.2, 0.25) is 5.91 Å². The van der Waals surface area contributed by atoms with Gasteiger partial charge in [-0.2, -0.15) is 0 Å². The lowest BCUT2D eigenvalue weighted by Gasteiger charge is -2.29. The minimum atomic E-state index is -0.407. The van der Waals surface area contributed by atoms with E-state index < -0.39 is 5.91 Å². The van der Waals surface area contributed by atoms with Gasteiger partial charge in [0.05, 0.1) is 31.1 Å². The summed E-state index contributed by atoms with van der Waals surface area (Å²) in [6.45, 7) is 5.69. The molecule has 8 heteroatoms. The summed E-state index contributed by atoms with van der Waals surface area (Å²) in [7, 11) is 0. The first-order valence-electron chi connectivity index (χ1n) is 10.6. The van der Waals surface area contributed by atoms with Gasteiger partial charge in [-0.05, 0) is 36.8 Å². The van der Waals surface area contributed by atoms with Gasteiger partial charge in [0, 0.05) is 25.7 Å². The molecule has 0 spiro atoms. The van der Waals surface area contributed by atoms with Crippen LogP contribution in [0, 0.1) is 0 Å². The molecule has 166 valence electrons. The Morgan fingerprint density at radius 3 is 2.38 bits per heavy atom. The van der Waals surface area contributed by atoms with Gasteiger partial charge >= 0.3 is 0 Å². The molecule has 0 saturated carbocycles. The Bertz CT molecular complexity index is 1070. The number of nitrogens with zero attached hydrogens (tertiary/aromatic N) is 2. The van der Waals surface area contributed by atoms with Crippen molar-refractivity contribution in [2.75, 3.05) is 43.1 Å². The zero-order valence-corrected chi connectivity index (χ0v) is 18.1. The molecular formula is C24H25N3O5. The van der Waals surface area contributed by atoms with Gasteiger partial charge in [0.15, 0.2) is 0 Å². The Labute approximate surface area is 186 Å². The summed E-state index contributed by atoms with van der Waals surface area (Å²) in [5, 5.41) is 2.71. The van der Waals surface area contributed by atoms with Crippen LogP contribution in [0.2, 0.25) is 0 Å². The molecule has 0 aliphatic carbocycles. The molecule has 1 N–H and O–H groups in total. The van der Waals surface area contributed by atoms with Crippen molar-refractivity contribution >= 4 is 34.7 Å². The number of morpholine rings is 1. The molecule has 0 bridgehead atoms. The highest BCUT2D eigenvalue weighted by Gasteiger charge is 2.43. The Kier molecular flexibility index (Phi) is 6.23. The zero-order valence-electron chi connectivity index (χ0n) is 18.1. The summed E-state index contributed by atoms with van der Waals surface area (Å²) in [6, 6.07) is 13.9. The molecule has 8 nitrogen and oxygen atoms in total. The van der Waals surface area contributed by atoms with E-state index in [4.69, 9.17) is 9.47 Å². The molecular weight excluding hydrogens is 410 g/mol. The van der Waals surface area contributed by atoms with Crippen LogP contribution in [0.4, 0.5) is 11.4 Å². The van der Waals surface area contributed by atoms with Crippen molar-refractivity contribution in [3.8, 4) is 5.75 Å². The third kappa shape index (κ3) is 4.09. The highest BCUT2D eigenvalue weighted by atomic mass is 16.5. The molecule has 1 saturated heterocycles. The second kappa shape index (κ2) is 9.23. The second-order valence-corrected chi connectivity index (χ2v) is 7.43. The molecule has 0 unspecified atom stereocenters. The molecule has 2 aromatic rings. The summed E-state index contributed by atoms with van der Waals surface area (Å²) >= 11 is 0. The predicted molar refractivity (Wildman–Crippen MR) is 120 cm³/mol. The largest absolute Gasteiger partial charge is 0.492 e. The molecule has 4 rings (SSSR count). The lowest BCUT2D eigenvalue weighted by Crippen LogP contribution is -2.40. The molecule has 32 heavy (non-hydrogen) atoms. The molecule has 2 heterocycles. The van der Waals surface area contributed by atoms with E-state index in [2.05, 4.69) is 5.32 Å². The van der Waals surface area contributed by atoms with E-state index in [1.165, 1.54) is 11.8 Å². The van der Waals surface area contributed by atoms with Crippen LogP contribution < -0.4 is 15.0 Å². The molecule has 0 atom stereocenters. The summed E-state index contributed by atoms with van der Waals surface area (Å²) in [5.74, 6) is -0.502. The molecule has 2 aliphatic heterocycles. The second-order valence-electron chi connectivity index (χ2n) is 7.43. The molecule has 2 aliphatic rings. The number of rotatable bonds is 6. The number of carbonyl (C=O) groups excluding carboxylic acids is 3. The summed E-state index contributed by atoms with van der Waals surface area (Å²) in [5.41, 5.74) is 2.33. The van der Waals surface area contributed by atoms with Crippen LogP contribution in [0.1, 0.15) is 19.4 Å². The minimum Gasteiger partial charge on any atom is -0.492 e. The maximum absolute atomic E-state index is 13.7. The lowest BCUT2D eigenvalue weighted by molar-refractivity contribution is -0.121. The number of imide groups is 1. The standard InChI is InChI=1S/C24H25N3O5/c1-3-32-20-7-5-4-6-19(20)27-23(29)21(17-8-10-18(11-9-17)25-16(2)28)22(24(27)30)26-12-14-31-15-13-26/h4-11H,3,12-15H2,1-2H3,(H,25,28). The van der Waals surface area contributed by atoms with E-state index >= 15 is 0 Å². The maximum atomic E-state index is 13.7. The average molecular weight is 435 g/mol. The first-order valence-corrected chi connectivity index (χ1v) is 10.6. The van der Waals surface area contributed by atoms with Gasteiger partial charge in [-0.3, -0.25) is 14.4 Å². The van der Waals surface area contributed by atoms with Crippen molar-refractivity contribution in [1.82, 2.24) is 4.90 Å². The highest BCUT2D eigenvalue weighted by Crippen LogP contribution is 2.39. The average Bonchev–Trinajstić information content (AvgIpc) is 3.05. The Hall–Kier alpha value is -3.65. The minimum absolute atomic E-state index is 0.184. The topological polar surface area (TPSA) is 88.2 Å². The number of anilines is 2. The van der Waals surface area contributed by atoms with E-state index in [1.54, 1.807) is 48.5 Å². The van der Waals surface area contributed by atoms with Crippen LogP contribution in [0.5, 0.6) is 5.75 Å². The zero-order chi connectivity index (χ0) is 22.7. The number of amides is 3. The smallest absolute Gasteiger partial charge is 0.282 e. The number of para-hydroxylation sites is 2. The van der Waals surface area contributed by atoms with Crippen LogP contribution in [0.3, 0.4) is 0 Å². The Balaban J connectivity index is 1.78. The molecule has 2 aromatic carbocycles. The van der Waals surface area contributed by atoms with E-state index in [1.807, 2.05) is 11.8 Å². The van der Waals surface area contributed by atoms with Gasteiger partial charge < -0.3 is 19.7 Å². The fourth-order valence-electron chi connectivity index (χ4n) is 3.92. The van der Waals surface area contributed by atoms with Crippen LogP contribution in [-0.2, 0) is 19.1 Å². The van der Waals surface area contributed by atoms with Crippen LogP contribution >= 0.6 is 0 Å². The lowest BCUT2D eigenvalue weighted by atomic mass is 10.0. The van der Waals surface area contributed by atoms with Gasteiger partial charge in [-0.1, -0.05) is 24.3 Å². The van der Waals surface area contributed by atoms with Crippen molar-refractivity contribution in [1.29, 1.82) is 0 Å². The van der Waals surface area contributed by atoms with Crippen LogP contribution in [-0.4, -0.2) is 55.5 Å². The van der Waals surface area contributed by atoms with Crippen molar-refractivity contribution in [2.45, 2.75) is 13.8 Å². The monoisotopic (exact) mass is 435 g/mol. The van der Waals surface area contributed by atoms with Gasteiger partial charge in [0.1, 0.15) is 11.4 Å². The fraction of sp³-hybridized carbons (Fsp3) is 0.292. The van der Waals surface area contributed by atoms with E-state index in [0.29, 0.717) is 66.9 Å². The third-order valence-electron chi connectivity index (χ3n) is 5.29. The summed E-state index contributed by atoms with van der Waals surface area (Å²) < 4.78 is 11.1. The van der Waals surface area contributed by atoms with Crippen LogP contribution in [0.25, 0.3) is 5.57 Å². The number of ether oxygens (including phenoxy) is 2. The van der Waals surface area contributed by atoms with Gasteiger partial charge in [-0.15, -0.1) is 0 Å². The van der Waals surface area contributed by atoms with Crippen molar-refractivity contribution in [3.05, 3.63) is 59.8 Å². The molecule has 0 radical (unpaired) electrons. The van der Waals surface area contributed by atoms with Gasteiger partial charge in [0.25, 0.3) is 11.8 Å². The van der Waals surface area contributed by atoms with Gasteiger partial charge in [-0.25, -0.2) is 4.90 Å². The molecule has 0 aromatic heterocycles. The quantitative estimate of drug-likeness (QED) is 0.702. The van der Waals surface area contributed by atoms with E-state index in [-0.39, 0.29) is 11.8 Å². The Morgan fingerprint density at radius 2 is 1.72 bits per heavy atom. The van der Waals surface area contributed by atoms with Crippen LogP contribution in [0.15, 0.2) is 54.2 Å². The number of benzene rings is 2. The number of hydrogen-bond donors (Lipinski definition) is 1. The number of nitrogens with one attached hydrogen (secondary N) is 1. The molecule has 3 amide bonds. The SMILES string of the molecule is CCOc1ccccc1N1C(=O)C(c2ccc(NC(C)=O)cc2)=C(N2CCOCC2)C1=O. The summed E-state index contributed by atoms with van der Waals surface area (Å²) in [6.07, 6.45) is 0. The number of hydrogen-bond acceptors (Lipinski definition) is 6. The first-order chi connectivity index (χ1) is 15.5. The maximum Gasteiger partial charge on any atom is 0.282 e. The highest BCUT2D eigenvalue weighted by molar-refractivity contribution is 6.45. The van der Waals surface area contributed by atoms with Crippen molar-refractivity contribution in [2.24, 2.45) is 0 Å². The fourth-order valence-corrected chi connectivity index (χ4v) is 3.92. The van der Waals surface area contributed by atoms with E-state index in [9.17, 15) is 14.4 Å². The Morgan fingerprint density at radius 1 is 1.03 bits per heavy atom. The molecule has 1 fully saturated rings. The van der Waals surface area contributed by atoms with Crippen molar-refractivity contribution in [3.63, 3.8) is 0 Å². The third-order valence-corrected chi connectivity index (χ3v) is 5.29. The number of carbonyl (C=O) groups is 3. The summed E-state index contributed by atoms with van der Waals surface area (Å²) in [4.78, 5) is 41.7. The normalized spacial score (nSPS) is 16.6. The van der Waals surface area contributed by atoms with Crippen molar-refractivity contribution < 1.29 is 23.9 Å².